The molecule has 5 atom stereocenters. The number of carbonyl (C=O) groups is 4. The molecule has 0 radical (unpaired) electrons. The van der Waals surface area contributed by atoms with Crippen LogP contribution in [0.1, 0.15) is 59.3 Å². The summed E-state index contributed by atoms with van der Waals surface area (Å²) in [5.41, 5.74) is 1.90. The van der Waals surface area contributed by atoms with E-state index in [9.17, 15) is 32.3 Å². The summed E-state index contributed by atoms with van der Waals surface area (Å²) in [4.78, 5) is 68.0. The summed E-state index contributed by atoms with van der Waals surface area (Å²) in [5, 5.41) is 13.6. The largest absolute Gasteiger partial charge is 0.433 e. The zero-order valence-corrected chi connectivity index (χ0v) is 28.7. The molecule has 5 aliphatic rings. The fourth-order valence-corrected chi connectivity index (χ4v) is 8.48. The number of urea groups is 1. The Morgan fingerprint density at radius 2 is 1.77 bits per heavy atom. The van der Waals surface area contributed by atoms with Crippen molar-refractivity contribution < 1.29 is 32.3 Å². The average molecular weight is 716 g/mol. The number of piperidine rings is 1. The van der Waals surface area contributed by atoms with Crippen LogP contribution in [-0.2, 0) is 28.7 Å². The standard InChI is InChI=1S/C36H36F3N9O4/c1-17-8-9-24(36(37,38)39)44-32(17)45-33(51)30-26-27-31-35(26,27)16-43-34(52)40-10-6-4-5-7-20-11-21(22-13-41-19(3)42-14-22)12-23-28(18(2)49)46-47(29(20)23)15-25(50)48(30)31/h8-9,11-14,26-27,30-31H,4-7,10,15-16H2,1-3H3,(H2,40,43,52)(H,44,45,51)/t26?,27?,30-,31+,35-/m0/s1. The molecule has 4 fully saturated rings. The predicted molar refractivity (Wildman–Crippen MR) is 181 cm³/mol. The highest BCUT2D eigenvalue weighted by Crippen LogP contribution is 2.87. The lowest BCUT2D eigenvalue weighted by Crippen LogP contribution is -2.45. The van der Waals surface area contributed by atoms with Gasteiger partial charge < -0.3 is 20.9 Å². The SMILES string of the molecule is CC(=O)c1nn2c3c(cc(-c4cnc(C)nc4)cc13)CCCCCNC(=O)NC[C@]13C4C1[C@H]3N(C(=O)C2)[C@@H]4C(=O)Nc1nc(C(F)(F)F)ccc1C. The van der Waals surface area contributed by atoms with Gasteiger partial charge in [0.15, 0.2) is 5.78 Å². The number of amides is 4. The minimum atomic E-state index is -4.72. The van der Waals surface area contributed by atoms with Gasteiger partial charge >= 0.3 is 12.2 Å². The Hall–Kier alpha value is -5.41. The number of hydrogen-bond donors (Lipinski definition) is 3. The zero-order chi connectivity index (χ0) is 36.7. The van der Waals surface area contributed by atoms with Gasteiger partial charge in [0, 0.05) is 60.7 Å². The number of nitrogens with one attached hydrogen (secondary N) is 3. The minimum absolute atomic E-state index is 0.0565. The second-order valence-electron chi connectivity index (χ2n) is 14.2. The molecule has 52 heavy (non-hydrogen) atoms. The van der Waals surface area contributed by atoms with Gasteiger partial charge in [-0.2, -0.15) is 18.3 Å². The molecular weight excluding hydrogens is 679 g/mol. The molecule has 2 aliphatic carbocycles. The van der Waals surface area contributed by atoms with Gasteiger partial charge in [-0.3, -0.25) is 19.1 Å². The fourth-order valence-electron chi connectivity index (χ4n) is 8.48. The minimum Gasteiger partial charge on any atom is -0.338 e. The normalized spacial score (nSPS) is 25.5. The Labute approximate surface area is 295 Å². The van der Waals surface area contributed by atoms with E-state index in [-0.39, 0.29) is 54.3 Å². The quantitative estimate of drug-likeness (QED) is 0.265. The van der Waals surface area contributed by atoms with Gasteiger partial charge in [-0.05, 0) is 73.9 Å². The van der Waals surface area contributed by atoms with E-state index >= 15 is 0 Å². The van der Waals surface area contributed by atoms with E-state index < -0.39 is 35.1 Å². The van der Waals surface area contributed by atoms with Crippen LogP contribution in [-0.4, -0.2) is 78.4 Å². The van der Waals surface area contributed by atoms with Crippen molar-refractivity contribution in [1.29, 1.82) is 0 Å². The first-order chi connectivity index (χ1) is 24.8. The Balaban J connectivity index is 1.18. The molecule has 2 saturated carbocycles. The highest BCUT2D eigenvalue weighted by molar-refractivity contribution is 6.07. The Bertz CT molecular complexity index is 2170. The van der Waals surface area contributed by atoms with Gasteiger partial charge in [-0.25, -0.2) is 19.7 Å². The second kappa shape index (κ2) is 12.1. The van der Waals surface area contributed by atoms with E-state index in [4.69, 9.17) is 0 Å². The molecule has 16 heteroatoms. The molecule has 4 aromatic rings. The van der Waals surface area contributed by atoms with Crippen LogP contribution in [0.4, 0.5) is 23.8 Å². The molecule has 13 nitrogen and oxygen atoms in total. The molecule has 270 valence electrons. The number of alkyl halides is 3. The van der Waals surface area contributed by atoms with E-state index in [0.29, 0.717) is 35.3 Å². The number of aromatic nitrogens is 5. The van der Waals surface area contributed by atoms with Crippen LogP contribution in [0, 0.1) is 31.1 Å². The molecule has 2 unspecified atom stereocenters. The molecule has 3 N–H and O–H groups in total. The first-order valence-electron chi connectivity index (χ1n) is 17.3. The lowest BCUT2D eigenvalue weighted by molar-refractivity contribution is -0.141. The number of Topliss-reactive ketones (excluding diaryl/α,β-unsaturated/α-hetero) is 1. The Morgan fingerprint density at radius 3 is 2.50 bits per heavy atom. The summed E-state index contributed by atoms with van der Waals surface area (Å²) in [6, 6.07) is 4.22. The maximum absolute atomic E-state index is 14.4. The number of aryl methyl sites for hydroxylation is 3. The smallest absolute Gasteiger partial charge is 0.338 e. The van der Waals surface area contributed by atoms with Gasteiger partial charge in [0.1, 0.15) is 35.6 Å². The molecule has 9 rings (SSSR count). The predicted octanol–water partition coefficient (Wildman–Crippen LogP) is 4.22. The van der Waals surface area contributed by atoms with E-state index in [0.717, 1.165) is 42.0 Å². The van der Waals surface area contributed by atoms with Gasteiger partial charge in [-0.15, -0.1) is 0 Å². The summed E-state index contributed by atoms with van der Waals surface area (Å²) >= 11 is 0. The molecular formula is C36H36F3N9O4. The highest BCUT2D eigenvalue weighted by Gasteiger charge is 2.96. The van der Waals surface area contributed by atoms with Crippen molar-refractivity contribution in [3.8, 4) is 11.1 Å². The number of halogens is 3. The number of anilines is 1. The third kappa shape index (κ3) is 5.46. The van der Waals surface area contributed by atoms with Gasteiger partial charge in [0.25, 0.3) is 0 Å². The van der Waals surface area contributed by atoms with Gasteiger partial charge in [0.2, 0.25) is 11.8 Å². The van der Waals surface area contributed by atoms with Crippen LogP contribution in [0.5, 0.6) is 0 Å². The summed E-state index contributed by atoms with van der Waals surface area (Å²) in [6.45, 7) is 5.15. The highest BCUT2D eigenvalue weighted by atomic mass is 19.4. The van der Waals surface area contributed by atoms with Crippen molar-refractivity contribution in [3.63, 3.8) is 0 Å². The molecule has 1 aromatic carbocycles. The second-order valence-corrected chi connectivity index (χ2v) is 14.2. The van der Waals surface area contributed by atoms with Crippen molar-refractivity contribution in [1.82, 2.24) is 40.3 Å². The molecule has 1 spiro atoms. The van der Waals surface area contributed by atoms with Crippen molar-refractivity contribution >= 4 is 40.3 Å². The Kier molecular flexibility index (Phi) is 7.84. The van der Waals surface area contributed by atoms with Crippen molar-refractivity contribution in [2.75, 3.05) is 18.4 Å². The van der Waals surface area contributed by atoms with Crippen LogP contribution < -0.4 is 16.0 Å². The lowest BCUT2D eigenvalue weighted by Gasteiger charge is -2.24. The van der Waals surface area contributed by atoms with Crippen molar-refractivity contribution in [2.24, 2.45) is 17.3 Å². The van der Waals surface area contributed by atoms with E-state index in [1.807, 2.05) is 12.1 Å². The number of ketones is 1. The monoisotopic (exact) mass is 715 g/mol. The first-order valence-corrected chi connectivity index (χ1v) is 17.3. The topological polar surface area (TPSA) is 164 Å². The number of pyridine rings is 1. The zero-order valence-electron chi connectivity index (χ0n) is 28.7. The number of hydrogen-bond acceptors (Lipinski definition) is 8. The van der Waals surface area contributed by atoms with E-state index in [1.165, 1.54) is 29.5 Å². The third-order valence-electron chi connectivity index (χ3n) is 11.0. The Morgan fingerprint density at radius 1 is 1.00 bits per heavy atom. The fraction of sp³-hybridized carbons (Fsp3) is 0.444. The van der Waals surface area contributed by atoms with Crippen LogP contribution in [0.2, 0.25) is 0 Å². The van der Waals surface area contributed by atoms with Crippen LogP contribution >= 0.6 is 0 Å². The molecule has 3 aliphatic heterocycles. The average Bonchev–Trinajstić information content (AvgIpc) is 3.71. The summed E-state index contributed by atoms with van der Waals surface area (Å²) in [7, 11) is 0. The van der Waals surface area contributed by atoms with E-state index in [1.54, 1.807) is 19.3 Å². The summed E-state index contributed by atoms with van der Waals surface area (Å²) < 4.78 is 42.0. The number of nitrogens with zero attached hydrogens (tertiary/aromatic N) is 6. The molecule has 2 saturated heterocycles. The molecule has 4 bridgehead atoms. The van der Waals surface area contributed by atoms with Crippen LogP contribution in [0.25, 0.3) is 22.0 Å². The molecule has 4 amide bonds. The maximum Gasteiger partial charge on any atom is 0.433 e. The van der Waals surface area contributed by atoms with Crippen LogP contribution in [0.15, 0.2) is 36.7 Å². The summed E-state index contributed by atoms with van der Waals surface area (Å²) in [6.07, 6.45) is 1.60. The molecule has 3 aromatic heterocycles. The number of rotatable bonds is 4. The third-order valence-corrected chi connectivity index (χ3v) is 11.0. The maximum atomic E-state index is 14.4. The first kappa shape index (κ1) is 33.7. The van der Waals surface area contributed by atoms with Gasteiger partial charge in [0.05, 0.1) is 5.52 Å². The number of benzene rings is 1. The number of carbonyl (C=O) groups excluding carboxylic acids is 4. The van der Waals surface area contributed by atoms with Crippen LogP contribution in [0.3, 0.4) is 0 Å². The van der Waals surface area contributed by atoms with Crippen molar-refractivity contribution in [3.05, 3.63) is 65.0 Å². The lowest BCUT2D eigenvalue weighted by atomic mass is 9.97. The van der Waals surface area contributed by atoms with E-state index in [2.05, 4.69) is 36.0 Å². The summed E-state index contributed by atoms with van der Waals surface area (Å²) in [5.74, 6) is -1.35. The van der Waals surface area contributed by atoms with Crippen molar-refractivity contribution in [2.45, 2.75) is 71.3 Å². The van der Waals surface area contributed by atoms with Gasteiger partial charge in [-0.1, -0.05) is 12.5 Å². The molecule has 6 heterocycles.